The molecule has 0 amide bonds. The molecule has 27 heavy (non-hydrogen) atoms. The number of halogens is 1. The molecule has 4 nitrogen and oxygen atoms in total. The van der Waals surface area contributed by atoms with Crippen molar-refractivity contribution in [3.8, 4) is 11.5 Å². The van der Waals surface area contributed by atoms with Crippen molar-refractivity contribution < 1.29 is 14.6 Å². The van der Waals surface area contributed by atoms with Crippen LogP contribution in [0.4, 0.5) is 0 Å². The number of benzene rings is 2. The normalized spacial score (nSPS) is 20.4. The van der Waals surface area contributed by atoms with Crippen LogP contribution in [0.3, 0.4) is 0 Å². The first-order chi connectivity index (χ1) is 13.1. The zero-order chi connectivity index (χ0) is 19.3. The fraction of sp³-hybridized carbons (Fsp3) is 0.455. The van der Waals surface area contributed by atoms with Crippen molar-refractivity contribution >= 4 is 11.6 Å². The summed E-state index contributed by atoms with van der Waals surface area (Å²) in [5.74, 6) is 1.67. The highest BCUT2D eigenvalue weighted by atomic mass is 35.5. The van der Waals surface area contributed by atoms with E-state index in [2.05, 4.69) is 11.0 Å². The molecule has 0 spiro atoms. The zero-order valence-electron chi connectivity index (χ0n) is 16.1. The van der Waals surface area contributed by atoms with Crippen LogP contribution in [0.2, 0.25) is 5.02 Å². The second-order valence-corrected chi connectivity index (χ2v) is 7.86. The Kier molecular flexibility index (Phi) is 6.64. The number of piperidine rings is 1. The molecule has 0 aliphatic carbocycles. The van der Waals surface area contributed by atoms with Crippen molar-refractivity contribution in [3.05, 3.63) is 58.6 Å². The quantitative estimate of drug-likeness (QED) is 0.771. The summed E-state index contributed by atoms with van der Waals surface area (Å²) in [5.41, 5.74) is 2.07. The Bertz CT molecular complexity index is 745. The molecule has 1 atom stereocenters. The smallest absolute Gasteiger partial charge is 0.127 e. The van der Waals surface area contributed by atoms with Gasteiger partial charge in [0, 0.05) is 23.5 Å². The van der Waals surface area contributed by atoms with Gasteiger partial charge in [-0.2, -0.15) is 0 Å². The number of likely N-dealkylation sites (tertiary alicyclic amines) is 1. The van der Waals surface area contributed by atoms with E-state index in [1.807, 2.05) is 36.4 Å². The van der Waals surface area contributed by atoms with Crippen molar-refractivity contribution in [1.29, 1.82) is 0 Å². The second kappa shape index (κ2) is 8.96. The van der Waals surface area contributed by atoms with Crippen molar-refractivity contribution in [3.63, 3.8) is 0 Å². The number of ether oxygens (including phenoxy) is 2. The SMILES string of the molecule is COc1cccc(OC)c1CN1CCC[C@@](CO)(Cc2cccc(Cl)c2)C1. The van der Waals surface area contributed by atoms with Gasteiger partial charge in [-0.15, -0.1) is 0 Å². The van der Waals surface area contributed by atoms with Gasteiger partial charge in [-0.1, -0.05) is 29.8 Å². The predicted octanol–water partition coefficient (Wildman–Crippen LogP) is 4.17. The molecule has 1 saturated heterocycles. The average Bonchev–Trinajstić information content (AvgIpc) is 2.68. The molecule has 0 saturated carbocycles. The van der Waals surface area contributed by atoms with Crippen LogP contribution in [0.1, 0.15) is 24.0 Å². The van der Waals surface area contributed by atoms with Crippen LogP contribution in [-0.4, -0.2) is 43.9 Å². The van der Waals surface area contributed by atoms with Crippen LogP contribution < -0.4 is 9.47 Å². The molecule has 1 N–H and O–H groups in total. The summed E-state index contributed by atoms with van der Waals surface area (Å²) >= 11 is 6.15. The maximum absolute atomic E-state index is 10.2. The van der Waals surface area contributed by atoms with E-state index in [1.54, 1.807) is 14.2 Å². The lowest BCUT2D eigenvalue weighted by molar-refractivity contribution is 0.0283. The van der Waals surface area contributed by atoms with Crippen molar-refractivity contribution in [2.24, 2.45) is 5.41 Å². The molecule has 146 valence electrons. The van der Waals surface area contributed by atoms with Gasteiger partial charge in [-0.3, -0.25) is 4.90 Å². The lowest BCUT2D eigenvalue weighted by Gasteiger charge is -2.42. The van der Waals surface area contributed by atoms with Gasteiger partial charge in [-0.05, 0) is 55.6 Å². The zero-order valence-corrected chi connectivity index (χ0v) is 16.8. The third kappa shape index (κ3) is 4.75. The highest BCUT2D eigenvalue weighted by molar-refractivity contribution is 6.30. The van der Waals surface area contributed by atoms with Gasteiger partial charge in [0.25, 0.3) is 0 Å². The van der Waals surface area contributed by atoms with Crippen molar-refractivity contribution in [1.82, 2.24) is 4.90 Å². The average molecular weight is 390 g/mol. The third-order valence-corrected chi connectivity index (χ3v) is 5.69. The molecule has 3 rings (SSSR count). The Morgan fingerprint density at radius 3 is 2.44 bits per heavy atom. The predicted molar refractivity (Wildman–Crippen MR) is 109 cm³/mol. The molecule has 0 radical (unpaired) electrons. The van der Waals surface area contributed by atoms with E-state index < -0.39 is 0 Å². The van der Waals surface area contributed by atoms with Crippen molar-refractivity contribution in [2.75, 3.05) is 33.9 Å². The Morgan fingerprint density at radius 1 is 1.11 bits per heavy atom. The van der Waals surface area contributed by atoms with Crippen LogP contribution in [-0.2, 0) is 13.0 Å². The van der Waals surface area contributed by atoms with Gasteiger partial charge in [0.2, 0.25) is 0 Å². The Morgan fingerprint density at radius 2 is 1.81 bits per heavy atom. The second-order valence-electron chi connectivity index (χ2n) is 7.42. The van der Waals surface area contributed by atoms with Gasteiger partial charge in [0.05, 0.1) is 26.4 Å². The molecule has 1 aliphatic heterocycles. The first-order valence-corrected chi connectivity index (χ1v) is 9.74. The molecule has 2 aromatic rings. The number of aliphatic hydroxyl groups excluding tert-OH is 1. The number of rotatable bonds is 7. The van der Waals surface area contributed by atoms with E-state index >= 15 is 0 Å². The van der Waals surface area contributed by atoms with E-state index in [-0.39, 0.29) is 12.0 Å². The monoisotopic (exact) mass is 389 g/mol. The summed E-state index contributed by atoms with van der Waals surface area (Å²) in [6.07, 6.45) is 2.89. The summed E-state index contributed by atoms with van der Waals surface area (Å²) in [6, 6.07) is 13.8. The van der Waals surface area contributed by atoms with E-state index in [0.717, 1.165) is 61.0 Å². The first kappa shape index (κ1) is 20.0. The number of methoxy groups -OCH3 is 2. The molecular formula is C22H28ClNO3. The lowest BCUT2D eigenvalue weighted by atomic mass is 9.75. The maximum Gasteiger partial charge on any atom is 0.127 e. The largest absolute Gasteiger partial charge is 0.496 e. The molecule has 0 unspecified atom stereocenters. The fourth-order valence-corrected chi connectivity index (χ4v) is 4.37. The Labute approximate surface area is 166 Å². The van der Waals surface area contributed by atoms with Gasteiger partial charge in [-0.25, -0.2) is 0 Å². The van der Waals surface area contributed by atoms with E-state index in [4.69, 9.17) is 21.1 Å². The van der Waals surface area contributed by atoms with Crippen LogP contribution in [0.15, 0.2) is 42.5 Å². The topological polar surface area (TPSA) is 41.9 Å². The van der Waals surface area contributed by atoms with Gasteiger partial charge in [0.15, 0.2) is 0 Å². The molecular weight excluding hydrogens is 362 g/mol. The maximum atomic E-state index is 10.2. The highest BCUT2D eigenvalue weighted by Crippen LogP contribution is 2.36. The summed E-state index contributed by atoms with van der Waals surface area (Å²) in [5, 5.41) is 11.0. The third-order valence-electron chi connectivity index (χ3n) is 5.46. The molecule has 1 aliphatic rings. The molecule has 2 aromatic carbocycles. The van der Waals surface area contributed by atoms with Crippen LogP contribution in [0.5, 0.6) is 11.5 Å². The number of nitrogens with zero attached hydrogens (tertiary/aromatic N) is 1. The van der Waals surface area contributed by atoms with E-state index in [0.29, 0.717) is 0 Å². The molecule has 0 aromatic heterocycles. The highest BCUT2D eigenvalue weighted by Gasteiger charge is 2.35. The molecule has 1 fully saturated rings. The summed E-state index contributed by atoms with van der Waals surface area (Å²) in [7, 11) is 3.37. The van der Waals surface area contributed by atoms with Gasteiger partial charge < -0.3 is 14.6 Å². The van der Waals surface area contributed by atoms with Crippen LogP contribution >= 0.6 is 11.6 Å². The molecule has 0 bridgehead atoms. The van der Waals surface area contributed by atoms with Crippen LogP contribution in [0, 0.1) is 5.41 Å². The minimum Gasteiger partial charge on any atom is -0.496 e. The number of aliphatic hydroxyl groups is 1. The minimum absolute atomic E-state index is 0.155. The fourth-order valence-electron chi connectivity index (χ4n) is 4.16. The molecule has 1 heterocycles. The van der Waals surface area contributed by atoms with E-state index in [1.165, 1.54) is 5.56 Å². The Balaban J connectivity index is 1.79. The van der Waals surface area contributed by atoms with Gasteiger partial charge >= 0.3 is 0 Å². The standard InChI is InChI=1S/C22H28ClNO3/c1-26-20-8-4-9-21(27-2)19(20)14-24-11-5-10-22(15-24,16-25)13-17-6-3-7-18(23)12-17/h3-4,6-9,12,25H,5,10-11,13-16H2,1-2H3/t22-/m1/s1. The number of hydrogen-bond donors (Lipinski definition) is 1. The molecule has 5 heteroatoms. The lowest BCUT2D eigenvalue weighted by Crippen LogP contribution is -2.46. The van der Waals surface area contributed by atoms with E-state index in [9.17, 15) is 5.11 Å². The minimum atomic E-state index is -0.155. The Hall–Kier alpha value is -1.75. The first-order valence-electron chi connectivity index (χ1n) is 9.37. The van der Waals surface area contributed by atoms with Gasteiger partial charge in [0.1, 0.15) is 11.5 Å². The van der Waals surface area contributed by atoms with Crippen LogP contribution in [0.25, 0.3) is 0 Å². The summed E-state index contributed by atoms with van der Waals surface area (Å²) in [4.78, 5) is 2.39. The number of hydrogen-bond acceptors (Lipinski definition) is 4. The summed E-state index contributed by atoms with van der Waals surface area (Å²) < 4.78 is 11.1. The summed E-state index contributed by atoms with van der Waals surface area (Å²) in [6.45, 7) is 2.74. The van der Waals surface area contributed by atoms with Crippen molar-refractivity contribution in [2.45, 2.75) is 25.8 Å².